The first-order valence-electron chi connectivity index (χ1n) is 14.0. The number of hydrogen-bond acceptors (Lipinski definition) is 8. The van der Waals surface area contributed by atoms with E-state index in [0.717, 1.165) is 6.42 Å². The van der Waals surface area contributed by atoms with Gasteiger partial charge in [0.25, 0.3) is 0 Å². The maximum Gasteiger partial charge on any atom is 0.302 e. The van der Waals surface area contributed by atoms with E-state index in [2.05, 4.69) is 6.92 Å². The van der Waals surface area contributed by atoms with Crippen LogP contribution in [-0.4, -0.2) is 63.4 Å². The normalized spacial score (nSPS) is 37.7. The zero-order chi connectivity index (χ0) is 28.4. The number of aliphatic hydroxyl groups is 2. The Bertz CT molecular complexity index is 1070. The molecule has 0 spiro atoms. The van der Waals surface area contributed by atoms with Crippen molar-refractivity contribution in [2.24, 2.45) is 23.2 Å². The van der Waals surface area contributed by atoms with Crippen LogP contribution in [0.25, 0.3) is 0 Å². The number of fused-ring (bicyclic) bond motifs is 3. The third kappa shape index (κ3) is 4.66. The van der Waals surface area contributed by atoms with Gasteiger partial charge in [-0.25, -0.2) is 0 Å². The Kier molecular flexibility index (Phi) is 7.52. The van der Waals surface area contributed by atoms with Crippen LogP contribution in [0, 0.1) is 23.2 Å². The standard InChI is InChI=1S/C30H44O8/c1-9-15(2)25(36-17(4)31)16(3)18-14-19(32)22-24(34)27-29(7)12-10-20(28(5,6)35)37-21(29)11-13-30(27,8)38-26(22)23(18)33/h14-16,20-21,24-25,27,34-35H,9-13H2,1-8H3. The number of esters is 1. The number of allylic oxidation sites excluding steroid dienone is 2. The summed E-state index contributed by atoms with van der Waals surface area (Å²) in [5, 5.41) is 22.3. The summed E-state index contributed by atoms with van der Waals surface area (Å²) in [6, 6.07) is 0. The highest BCUT2D eigenvalue weighted by Gasteiger charge is 2.64. The van der Waals surface area contributed by atoms with Gasteiger partial charge in [0.15, 0.2) is 11.5 Å². The van der Waals surface area contributed by atoms with Crippen LogP contribution in [0.1, 0.15) is 87.5 Å². The van der Waals surface area contributed by atoms with E-state index in [9.17, 15) is 24.6 Å². The average molecular weight is 533 g/mol. The molecule has 8 heteroatoms. The zero-order valence-electron chi connectivity index (χ0n) is 24.0. The maximum absolute atomic E-state index is 13.8. The van der Waals surface area contributed by atoms with Gasteiger partial charge < -0.3 is 24.4 Å². The molecule has 4 rings (SSSR count). The van der Waals surface area contributed by atoms with E-state index < -0.39 is 58.2 Å². The molecule has 1 saturated carbocycles. The largest absolute Gasteiger partial charge is 0.482 e. The molecule has 0 aromatic carbocycles. The molecule has 2 aliphatic heterocycles. The number of carbonyl (C=O) groups is 3. The quantitative estimate of drug-likeness (QED) is 0.391. The number of carbonyl (C=O) groups excluding carboxylic acids is 3. The van der Waals surface area contributed by atoms with Gasteiger partial charge in [-0.2, -0.15) is 0 Å². The molecule has 9 unspecified atom stereocenters. The van der Waals surface area contributed by atoms with Crippen molar-refractivity contribution in [3.8, 4) is 0 Å². The van der Waals surface area contributed by atoms with Gasteiger partial charge in [-0.05, 0) is 58.4 Å². The zero-order valence-corrected chi connectivity index (χ0v) is 24.0. The summed E-state index contributed by atoms with van der Waals surface area (Å²) in [5.74, 6) is -2.41. The minimum atomic E-state index is -1.19. The summed E-state index contributed by atoms with van der Waals surface area (Å²) in [6.07, 6.45) is 2.21. The maximum atomic E-state index is 13.8. The Morgan fingerprint density at radius 2 is 1.87 bits per heavy atom. The monoisotopic (exact) mass is 532 g/mol. The van der Waals surface area contributed by atoms with Crippen LogP contribution in [0.4, 0.5) is 0 Å². The van der Waals surface area contributed by atoms with Crippen molar-refractivity contribution >= 4 is 17.5 Å². The van der Waals surface area contributed by atoms with Gasteiger partial charge in [-0.15, -0.1) is 0 Å². The molecule has 0 bridgehead atoms. The van der Waals surface area contributed by atoms with E-state index in [1.165, 1.54) is 13.0 Å². The summed E-state index contributed by atoms with van der Waals surface area (Å²) in [4.78, 5) is 39.1. The van der Waals surface area contributed by atoms with E-state index >= 15 is 0 Å². The Morgan fingerprint density at radius 1 is 1.21 bits per heavy atom. The van der Waals surface area contributed by atoms with Crippen molar-refractivity contribution in [2.75, 3.05) is 0 Å². The number of Topliss-reactive ketones (excluding diaryl/α,β-unsaturated/α-hetero) is 1. The van der Waals surface area contributed by atoms with Crippen molar-refractivity contribution in [1.29, 1.82) is 0 Å². The highest BCUT2D eigenvalue weighted by molar-refractivity contribution is 6.22. The van der Waals surface area contributed by atoms with Gasteiger partial charge in [-0.1, -0.05) is 34.1 Å². The van der Waals surface area contributed by atoms with Crippen molar-refractivity contribution in [1.82, 2.24) is 0 Å². The van der Waals surface area contributed by atoms with Crippen LogP contribution < -0.4 is 0 Å². The van der Waals surface area contributed by atoms with Gasteiger partial charge in [0.05, 0.1) is 29.5 Å². The topological polar surface area (TPSA) is 119 Å². The first-order valence-corrected chi connectivity index (χ1v) is 14.0. The molecule has 212 valence electrons. The lowest BCUT2D eigenvalue weighted by Gasteiger charge is -2.61. The predicted octanol–water partition coefficient (Wildman–Crippen LogP) is 3.82. The third-order valence-electron chi connectivity index (χ3n) is 9.77. The summed E-state index contributed by atoms with van der Waals surface area (Å²) in [7, 11) is 0. The van der Waals surface area contributed by atoms with Gasteiger partial charge in [0, 0.05) is 29.7 Å². The number of rotatable bonds is 6. The molecule has 2 fully saturated rings. The fourth-order valence-corrected chi connectivity index (χ4v) is 7.46. The predicted molar refractivity (Wildman–Crippen MR) is 140 cm³/mol. The van der Waals surface area contributed by atoms with Crippen LogP contribution in [0.3, 0.4) is 0 Å². The lowest BCUT2D eigenvalue weighted by molar-refractivity contribution is -0.260. The molecule has 38 heavy (non-hydrogen) atoms. The molecule has 0 radical (unpaired) electrons. The van der Waals surface area contributed by atoms with Crippen LogP contribution in [0.15, 0.2) is 23.0 Å². The van der Waals surface area contributed by atoms with E-state index in [-0.39, 0.29) is 35.0 Å². The SMILES string of the molecule is CCC(C)C(OC(C)=O)C(C)C1=CC(=O)C2=C(OC3(C)CCC4OC(C(C)(C)O)CCC4(C)C3C2O)C1=O. The number of hydrogen-bond donors (Lipinski definition) is 2. The Morgan fingerprint density at radius 3 is 2.45 bits per heavy atom. The highest BCUT2D eigenvalue weighted by atomic mass is 16.5. The highest BCUT2D eigenvalue weighted by Crippen LogP contribution is 2.59. The van der Waals surface area contributed by atoms with E-state index in [0.29, 0.717) is 25.7 Å². The Labute approximate surface area is 225 Å². The molecule has 4 aliphatic rings. The van der Waals surface area contributed by atoms with E-state index in [1.807, 2.05) is 20.8 Å². The summed E-state index contributed by atoms with van der Waals surface area (Å²) in [5.41, 5.74) is -2.12. The second-order valence-electron chi connectivity index (χ2n) is 13.0. The molecule has 9 atom stereocenters. The van der Waals surface area contributed by atoms with Crippen LogP contribution in [0.2, 0.25) is 0 Å². The Balaban J connectivity index is 1.67. The second kappa shape index (κ2) is 9.86. The Hall–Kier alpha value is -2.03. The van der Waals surface area contributed by atoms with Crippen LogP contribution in [-0.2, 0) is 28.6 Å². The molecule has 1 saturated heterocycles. The van der Waals surface area contributed by atoms with E-state index in [1.54, 1.807) is 20.8 Å². The molecular formula is C30H44O8. The number of ether oxygens (including phenoxy) is 3. The van der Waals surface area contributed by atoms with Crippen molar-refractivity contribution in [3.05, 3.63) is 23.0 Å². The summed E-state index contributed by atoms with van der Waals surface area (Å²) >= 11 is 0. The van der Waals surface area contributed by atoms with Gasteiger partial charge in [0.1, 0.15) is 11.7 Å². The second-order valence-corrected chi connectivity index (χ2v) is 13.0. The third-order valence-corrected chi connectivity index (χ3v) is 9.77. The fourth-order valence-electron chi connectivity index (χ4n) is 7.46. The minimum absolute atomic E-state index is 0.00693. The molecule has 0 aromatic heterocycles. The number of aliphatic hydroxyl groups excluding tert-OH is 1. The summed E-state index contributed by atoms with van der Waals surface area (Å²) < 4.78 is 18.4. The van der Waals surface area contributed by atoms with Gasteiger partial charge in [0.2, 0.25) is 5.78 Å². The van der Waals surface area contributed by atoms with Crippen LogP contribution >= 0.6 is 0 Å². The first kappa shape index (κ1) is 29.0. The van der Waals surface area contributed by atoms with E-state index in [4.69, 9.17) is 14.2 Å². The average Bonchev–Trinajstić information content (AvgIpc) is 2.81. The fraction of sp³-hybridized carbons (Fsp3) is 0.767. The van der Waals surface area contributed by atoms with Crippen molar-refractivity contribution in [3.63, 3.8) is 0 Å². The number of ketones is 2. The molecule has 2 N–H and O–H groups in total. The molecule has 8 nitrogen and oxygen atoms in total. The van der Waals surface area contributed by atoms with Gasteiger partial charge in [-0.3, -0.25) is 14.4 Å². The summed E-state index contributed by atoms with van der Waals surface area (Å²) in [6.45, 7) is 14.5. The molecular weight excluding hydrogens is 488 g/mol. The van der Waals surface area contributed by atoms with Gasteiger partial charge >= 0.3 is 5.97 Å². The smallest absolute Gasteiger partial charge is 0.302 e. The minimum Gasteiger partial charge on any atom is -0.482 e. The molecule has 0 amide bonds. The van der Waals surface area contributed by atoms with Crippen molar-refractivity contribution < 1.29 is 38.8 Å². The molecule has 2 heterocycles. The molecule has 0 aromatic rings. The van der Waals surface area contributed by atoms with Crippen molar-refractivity contribution in [2.45, 2.75) is 123 Å². The molecule has 2 aliphatic carbocycles. The lowest BCUT2D eigenvalue weighted by Crippen LogP contribution is -2.66. The lowest BCUT2D eigenvalue weighted by atomic mass is 9.52. The first-order chi connectivity index (χ1) is 17.5. The van der Waals surface area contributed by atoms with Crippen LogP contribution in [0.5, 0.6) is 0 Å².